The van der Waals surface area contributed by atoms with Crippen molar-refractivity contribution in [3.05, 3.63) is 0 Å². The van der Waals surface area contributed by atoms with Crippen LogP contribution in [0.2, 0.25) is 26.2 Å². The van der Waals surface area contributed by atoms with Gasteiger partial charge in [0.25, 0.3) is 9.20 Å². The van der Waals surface area contributed by atoms with Gasteiger partial charge in [0.1, 0.15) is 0 Å². The molecule has 0 aliphatic carbocycles. The molecule has 0 unspecified atom stereocenters. The molecule has 0 saturated heterocycles. The number of nitrogens with two attached hydrogens (primary N) is 1. The van der Waals surface area contributed by atoms with Crippen molar-refractivity contribution in [2.75, 3.05) is 0 Å². The lowest BCUT2D eigenvalue weighted by molar-refractivity contribution is 0.577. The van der Waals surface area contributed by atoms with E-state index in [1.165, 1.54) is 0 Å². The zero-order valence-electron chi connectivity index (χ0n) is 5.99. The third kappa shape index (κ3) is 6.35. The molecule has 0 aliphatic rings. The second-order valence-electron chi connectivity index (χ2n) is 2.83. The molecule has 0 heterocycles. The Kier molecular flexibility index (Phi) is 2.89. The van der Waals surface area contributed by atoms with E-state index in [0.717, 1.165) is 0 Å². The maximum absolute atomic E-state index is 5.49. The maximum atomic E-state index is 5.49. The van der Waals surface area contributed by atoms with Crippen molar-refractivity contribution in [3.63, 3.8) is 0 Å². The Morgan fingerprint density at radius 2 is 1.75 bits per heavy atom. The summed E-state index contributed by atoms with van der Waals surface area (Å²) in [6.07, 6.45) is 0. The highest BCUT2D eigenvalue weighted by Crippen LogP contribution is 2.01. The summed E-state index contributed by atoms with van der Waals surface area (Å²) in [7, 11) is -2.23. The minimum Gasteiger partial charge on any atom is -0.445 e. The summed E-state index contributed by atoms with van der Waals surface area (Å²) in [4.78, 5) is 0. The van der Waals surface area contributed by atoms with E-state index < -0.39 is 17.5 Å². The van der Waals surface area contributed by atoms with E-state index in [0.29, 0.717) is 0 Å². The summed E-state index contributed by atoms with van der Waals surface area (Å²) >= 11 is 0. The highest BCUT2D eigenvalue weighted by molar-refractivity contribution is 6.76. The normalized spacial score (nSPS) is 12.8. The third-order valence-corrected chi connectivity index (χ3v) is 4.20. The highest BCUT2D eigenvalue weighted by atomic mass is 28.4. The van der Waals surface area contributed by atoms with Crippen LogP contribution in [0.4, 0.5) is 0 Å². The molecular formula is C4H14NOSi2. The van der Waals surface area contributed by atoms with Crippen LogP contribution in [0.1, 0.15) is 0 Å². The van der Waals surface area contributed by atoms with Crippen LogP contribution < -0.4 is 5.40 Å². The van der Waals surface area contributed by atoms with Gasteiger partial charge in [-0.25, -0.2) is 0 Å². The Morgan fingerprint density at radius 3 is 1.75 bits per heavy atom. The molecular weight excluding hydrogens is 134 g/mol. The predicted molar refractivity (Wildman–Crippen MR) is 40.2 cm³/mol. The zero-order valence-corrected chi connectivity index (χ0v) is 7.99. The standard InChI is InChI=1S/C4H14NOSi2/c1-7(5)6-8(2,3)4/h5H2,1-4H3. The minimum absolute atomic E-state index is 0.930. The van der Waals surface area contributed by atoms with Crippen LogP contribution in [-0.2, 0) is 4.12 Å². The minimum atomic E-state index is -1.30. The third-order valence-electron chi connectivity index (χ3n) is 0.467. The van der Waals surface area contributed by atoms with Crippen LogP contribution in [0.3, 0.4) is 0 Å². The molecule has 8 heavy (non-hydrogen) atoms. The van der Waals surface area contributed by atoms with Crippen molar-refractivity contribution < 1.29 is 4.12 Å². The van der Waals surface area contributed by atoms with Crippen molar-refractivity contribution in [3.8, 4) is 0 Å². The molecule has 0 fully saturated rings. The second kappa shape index (κ2) is 2.77. The summed E-state index contributed by atoms with van der Waals surface area (Å²) in [5, 5.41) is 5.49. The van der Waals surface area contributed by atoms with E-state index in [4.69, 9.17) is 9.51 Å². The molecule has 2 N–H and O–H groups in total. The summed E-state index contributed by atoms with van der Waals surface area (Å²) in [6.45, 7) is 8.40. The molecule has 2 nitrogen and oxygen atoms in total. The van der Waals surface area contributed by atoms with E-state index in [9.17, 15) is 0 Å². The van der Waals surface area contributed by atoms with E-state index in [2.05, 4.69) is 19.6 Å². The molecule has 4 heteroatoms. The first-order chi connectivity index (χ1) is 3.42. The lowest BCUT2D eigenvalue weighted by Gasteiger charge is -2.18. The quantitative estimate of drug-likeness (QED) is 0.591. The Labute approximate surface area is 54.0 Å². The lowest BCUT2D eigenvalue weighted by atomic mass is 11.8. The van der Waals surface area contributed by atoms with E-state index in [-0.39, 0.29) is 0 Å². The molecule has 0 atom stereocenters. The highest BCUT2D eigenvalue weighted by Gasteiger charge is 2.16. The maximum Gasteiger partial charge on any atom is 0.285 e. The molecule has 0 aliphatic heterocycles. The van der Waals surface area contributed by atoms with Gasteiger partial charge in [-0.05, 0) is 26.2 Å². The lowest BCUT2D eigenvalue weighted by Crippen LogP contribution is -2.38. The van der Waals surface area contributed by atoms with Crippen molar-refractivity contribution in [1.29, 1.82) is 0 Å². The van der Waals surface area contributed by atoms with Crippen molar-refractivity contribution >= 4 is 17.5 Å². The molecule has 0 aromatic carbocycles. The predicted octanol–water partition coefficient (Wildman–Crippen LogP) is 0.915. The first-order valence-electron chi connectivity index (χ1n) is 2.70. The zero-order chi connectivity index (χ0) is 6.78. The summed E-state index contributed by atoms with van der Waals surface area (Å²) in [6, 6.07) is 0. The Bertz CT molecular complexity index is 68.9. The van der Waals surface area contributed by atoms with Crippen LogP contribution in [0.5, 0.6) is 0 Å². The fourth-order valence-electron chi connectivity index (χ4n) is 0.483. The Morgan fingerprint density at radius 1 is 1.38 bits per heavy atom. The molecule has 1 radical (unpaired) electrons. The molecule has 0 aromatic rings. The van der Waals surface area contributed by atoms with Gasteiger partial charge in [-0.2, -0.15) is 0 Å². The largest absolute Gasteiger partial charge is 0.445 e. The molecule has 49 valence electrons. The van der Waals surface area contributed by atoms with Crippen LogP contribution in [0, 0.1) is 0 Å². The van der Waals surface area contributed by atoms with E-state index in [1.807, 2.05) is 6.55 Å². The molecule has 0 rings (SSSR count). The van der Waals surface area contributed by atoms with Crippen LogP contribution in [0.25, 0.3) is 0 Å². The molecule has 0 amide bonds. The van der Waals surface area contributed by atoms with Gasteiger partial charge in [-0.1, -0.05) is 0 Å². The molecule has 0 aromatic heterocycles. The number of hydrogen-bond acceptors (Lipinski definition) is 2. The summed E-state index contributed by atoms with van der Waals surface area (Å²) in [5.41, 5.74) is 0. The average Bonchev–Trinajstić information content (AvgIpc) is 1.21. The van der Waals surface area contributed by atoms with E-state index >= 15 is 0 Å². The van der Waals surface area contributed by atoms with Crippen molar-refractivity contribution in [2.45, 2.75) is 26.2 Å². The van der Waals surface area contributed by atoms with Crippen LogP contribution in [0.15, 0.2) is 0 Å². The van der Waals surface area contributed by atoms with Gasteiger partial charge in [-0.15, -0.1) is 0 Å². The van der Waals surface area contributed by atoms with Gasteiger partial charge in [0.05, 0.1) is 0 Å². The summed E-state index contributed by atoms with van der Waals surface area (Å²) in [5.74, 6) is 0. The SMILES string of the molecule is C[Si](N)O[Si](C)(C)C. The first-order valence-corrected chi connectivity index (χ1v) is 8.09. The first kappa shape index (κ1) is 8.35. The second-order valence-corrected chi connectivity index (χ2v) is 9.09. The van der Waals surface area contributed by atoms with Gasteiger partial charge in [0.15, 0.2) is 8.32 Å². The van der Waals surface area contributed by atoms with Crippen molar-refractivity contribution in [2.24, 2.45) is 5.40 Å². The Balaban J connectivity index is 3.39. The van der Waals surface area contributed by atoms with Crippen molar-refractivity contribution in [1.82, 2.24) is 0 Å². The Hall–Kier alpha value is 0.354. The number of hydrogen-bond donors (Lipinski definition) is 1. The van der Waals surface area contributed by atoms with Gasteiger partial charge in [0, 0.05) is 0 Å². The van der Waals surface area contributed by atoms with Crippen LogP contribution in [-0.4, -0.2) is 17.5 Å². The molecule has 0 saturated carbocycles. The average molecular weight is 148 g/mol. The monoisotopic (exact) mass is 148 g/mol. The molecule has 0 bridgehead atoms. The topological polar surface area (TPSA) is 35.2 Å². The fourth-order valence-corrected chi connectivity index (χ4v) is 4.35. The number of rotatable bonds is 2. The van der Waals surface area contributed by atoms with E-state index in [1.54, 1.807) is 0 Å². The fraction of sp³-hybridized carbons (Fsp3) is 1.00. The van der Waals surface area contributed by atoms with Crippen LogP contribution >= 0.6 is 0 Å². The van der Waals surface area contributed by atoms with Gasteiger partial charge < -0.3 is 9.51 Å². The van der Waals surface area contributed by atoms with Gasteiger partial charge in [0.2, 0.25) is 0 Å². The smallest absolute Gasteiger partial charge is 0.285 e. The van der Waals surface area contributed by atoms with Gasteiger partial charge >= 0.3 is 0 Å². The molecule has 0 spiro atoms. The van der Waals surface area contributed by atoms with Gasteiger partial charge in [-0.3, -0.25) is 0 Å². The summed E-state index contributed by atoms with van der Waals surface area (Å²) < 4.78 is 5.46.